The number of carbonyl (C=O) groups is 2. The van der Waals surface area contributed by atoms with Crippen molar-refractivity contribution in [1.29, 1.82) is 0 Å². The number of amides is 2. The van der Waals surface area contributed by atoms with Gasteiger partial charge in [0.25, 0.3) is 0 Å². The zero-order valence-electron chi connectivity index (χ0n) is 12.1. The predicted molar refractivity (Wildman–Crippen MR) is 78.2 cm³/mol. The summed E-state index contributed by atoms with van der Waals surface area (Å²) in [4.78, 5) is 22.5. The first-order valence-corrected chi connectivity index (χ1v) is 7.37. The molecule has 0 unspecified atom stereocenters. The number of aromatic carboxylic acids is 1. The molecule has 20 heavy (non-hydrogen) atoms. The van der Waals surface area contributed by atoms with Gasteiger partial charge in [0.15, 0.2) is 0 Å². The minimum absolute atomic E-state index is 0.0327. The van der Waals surface area contributed by atoms with Gasteiger partial charge in [0.1, 0.15) is 17.1 Å². The van der Waals surface area contributed by atoms with E-state index >= 15 is 0 Å². The van der Waals surface area contributed by atoms with Crippen molar-refractivity contribution in [2.75, 3.05) is 12.8 Å². The van der Waals surface area contributed by atoms with E-state index in [9.17, 15) is 9.59 Å². The number of carbonyl (C=O) groups excluding carboxylic acids is 1. The molecule has 0 spiro atoms. The van der Waals surface area contributed by atoms with E-state index in [1.54, 1.807) is 18.7 Å². The van der Waals surface area contributed by atoms with Gasteiger partial charge in [-0.25, -0.2) is 9.59 Å². The van der Waals surface area contributed by atoms with E-state index < -0.39 is 5.97 Å². The fourth-order valence-corrected chi connectivity index (χ4v) is 1.65. The lowest BCUT2D eigenvalue weighted by molar-refractivity contribution is 0.0695. The van der Waals surface area contributed by atoms with Crippen LogP contribution in [0.5, 0.6) is 0 Å². The van der Waals surface area contributed by atoms with E-state index in [1.807, 2.05) is 20.1 Å². The number of furan rings is 1. The predicted octanol–water partition coefficient (Wildman–Crippen LogP) is 2.23. The first kappa shape index (κ1) is 16.4. The largest absolute Gasteiger partial charge is 0.478 e. The Bertz CT molecular complexity index is 497. The van der Waals surface area contributed by atoms with Crippen LogP contribution in [0.25, 0.3) is 0 Å². The molecule has 0 radical (unpaired) electrons. The third kappa shape index (κ3) is 4.80. The zero-order valence-corrected chi connectivity index (χ0v) is 12.9. The number of rotatable bonds is 6. The molecule has 7 heteroatoms. The Kier molecular flexibility index (Phi) is 5.50. The first-order chi connectivity index (χ1) is 9.25. The number of carboxylic acid groups (broad SMARTS) is 1. The second kappa shape index (κ2) is 6.69. The molecule has 0 fully saturated rings. The van der Waals surface area contributed by atoms with Crippen molar-refractivity contribution in [2.45, 2.75) is 32.1 Å². The summed E-state index contributed by atoms with van der Waals surface area (Å²) in [5.74, 6) is -0.291. The molecule has 0 bridgehead atoms. The van der Waals surface area contributed by atoms with Crippen LogP contribution in [0.2, 0.25) is 0 Å². The van der Waals surface area contributed by atoms with Gasteiger partial charge in [-0.15, -0.1) is 0 Å². The molecule has 1 heterocycles. The van der Waals surface area contributed by atoms with Crippen molar-refractivity contribution in [2.24, 2.45) is 0 Å². The molecule has 0 saturated heterocycles. The summed E-state index contributed by atoms with van der Waals surface area (Å²) >= 11 is 1.67. The molecular formula is C13H20N2O4S. The summed E-state index contributed by atoms with van der Waals surface area (Å²) in [7, 11) is 0. The van der Waals surface area contributed by atoms with Gasteiger partial charge in [-0.2, -0.15) is 11.8 Å². The van der Waals surface area contributed by atoms with Crippen molar-refractivity contribution in [1.82, 2.24) is 10.6 Å². The third-order valence-corrected chi connectivity index (χ3v) is 4.10. The number of nitrogens with one attached hydrogen (secondary N) is 2. The summed E-state index contributed by atoms with van der Waals surface area (Å²) < 4.78 is 5.23. The zero-order chi connectivity index (χ0) is 15.3. The van der Waals surface area contributed by atoms with Crippen LogP contribution in [0.1, 0.15) is 35.7 Å². The lowest BCUT2D eigenvalue weighted by Gasteiger charge is -2.22. The summed E-state index contributed by atoms with van der Waals surface area (Å²) in [5.41, 5.74) is 0.116. The van der Waals surface area contributed by atoms with Gasteiger partial charge < -0.3 is 20.2 Å². The SMILES string of the molecule is CSC(C)(C)CNC(=O)NCc1cc(C(=O)O)c(C)o1. The fraction of sp³-hybridized carbons (Fsp3) is 0.538. The Hall–Kier alpha value is -1.63. The fourth-order valence-electron chi connectivity index (χ4n) is 1.44. The van der Waals surface area contributed by atoms with Gasteiger partial charge in [-0.1, -0.05) is 0 Å². The van der Waals surface area contributed by atoms with Crippen LogP contribution >= 0.6 is 11.8 Å². The topological polar surface area (TPSA) is 91.6 Å². The smallest absolute Gasteiger partial charge is 0.339 e. The molecule has 0 atom stereocenters. The van der Waals surface area contributed by atoms with Crippen molar-refractivity contribution in [3.63, 3.8) is 0 Å². The number of hydrogen-bond donors (Lipinski definition) is 3. The maximum Gasteiger partial charge on any atom is 0.339 e. The van der Waals surface area contributed by atoms with Crippen molar-refractivity contribution in [3.8, 4) is 0 Å². The number of carboxylic acids is 1. The second-order valence-electron chi connectivity index (χ2n) is 4.99. The maximum atomic E-state index is 11.6. The van der Waals surface area contributed by atoms with Crippen LogP contribution in [0.3, 0.4) is 0 Å². The minimum atomic E-state index is -1.04. The van der Waals surface area contributed by atoms with Crippen LogP contribution in [0, 0.1) is 6.92 Å². The molecule has 0 aliphatic heterocycles. The molecule has 0 aliphatic rings. The summed E-state index contributed by atoms with van der Waals surface area (Å²) in [6, 6.07) is 1.11. The van der Waals surface area contributed by atoms with Crippen molar-refractivity contribution >= 4 is 23.8 Å². The lowest BCUT2D eigenvalue weighted by Crippen LogP contribution is -2.41. The van der Waals surface area contributed by atoms with Gasteiger partial charge >= 0.3 is 12.0 Å². The molecule has 112 valence electrons. The average Bonchev–Trinajstić information content (AvgIpc) is 2.75. The van der Waals surface area contributed by atoms with Crippen LogP contribution < -0.4 is 10.6 Å². The van der Waals surface area contributed by atoms with Crippen LogP contribution in [-0.2, 0) is 6.54 Å². The molecule has 0 aliphatic carbocycles. The van der Waals surface area contributed by atoms with E-state index in [-0.39, 0.29) is 22.9 Å². The molecule has 0 aromatic carbocycles. The highest BCUT2D eigenvalue weighted by Gasteiger charge is 2.17. The Labute approximate surface area is 122 Å². The van der Waals surface area contributed by atoms with Gasteiger partial charge in [0.2, 0.25) is 0 Å². The Morgan fingerprint density at radius 3 is 2.55 bits per heavy atom. The Morgan fingerprint density at radius 2 is 2.05 bits per heavy atom. The highest BCUT2D eigenvalue weighted by atomic mass is 32.2. The van der Waals surface area contributed by atoms with Crippen molar-refractivity contribution in [3.05, 3.63) is 23.2 Å². The van der Waals surface area contributed by atoms with E-state index in [2.05, 4.69) is 10.6 Å². The number of thioether (sulfide) groups is 1. The highest BCUT2D eigenvalue weighted by Crippen LogP contribution is 2.19. The maximum absolute atomic E-state index is 11.6. The van der Waals surface area contributed by atoms with Gasteiger partial charge in [-0.3, -0.25) is 0 Å². The Morgan fingerprint density at radius 1 is 1.40 bits per heavy atom. The van der Waals surface area contributed by atoms with Crippen LogP contribution in [0.4, 0.5) is 4.79 Å². The first-order valence-electron chi connectivity index (χ1n) is 6.14. The molecular weight excluding hydrogens is 280 g/mol. The number of hydrogen-bond acceptors (Lipinski definition) is 4. The summed E-state index contributed by atoms with van der Waals surface area (Å²) in [6.07, 6.45) is 1.98. The van der Waals surface area contributed by atoms with Crippen molar-refractivity contribution < 1.29 is 19.1 Å². The van der Waals surface area contributed by atoms with Crippen LogP contribution in [-0.4, -0.2) is 34.7 Å². The standard InChI is InChI=1S/C13H20N2O4S/c1-8-10(11(16)17)5-9(19-8)6-14-12(18)15-7-13(2,3)20-4/h5H,6-7H2,1-4H3,(H,16,17)(H2,14,15,18). The van der Waals surface area contributed by atoms with Crippen LogP contribution in [0.15, 0.2) is 10.5 Å². The van der Waals surface area contributed by atoms with Gasteiger partial charge in [-0.05, 0) is 33.1 Å². The molecule has 3 N–H and O–H groups in total. The van der Waals surface area contributed by atoms with E-state index in [0.29, 0.717) is 18.1 Å². The molecule has 2 amide bonds. The molecule has 1 aromatic heterocycles. The van der Waals surface area contributed by atoms with E-state index in [0.717, 1.165) is 0 Å². The van der Waals surface area contributed by atoms with E-state index in [1.165, 1.54) is 6.07 Å². The monoisotopic (exact) mass is 300 g/mol. The molecule has 1 rings (SSSR count). The normalized spacial score (nSPS) is 11.2. The van der Waals surface area contributed by atoms with Gasteiger partial charge in [0.05, 0.1) is 6.54 Å². The average molecular weight is 300 g/mol. The molecule has 1 aromatic rings. The molecule has 6 nitrogen and oxygen atoms in total. The minimum Gasteiger partial charge on any atom is -0.478 e. The quantitative estimate of drug-likeness (QED) is 0.749. The third-order valence-electron chi connectivity index (χ3n) is 2.85. The highest BCUT2D eigenvalue weighted by molar-refractivity contribution is 7.99. The van der Waals surface area contributed by atoms with E-state index in [4.69, 9.17) is 9.52 Å². The number of urea groups is 1. The van der Waals surface area contributed by atoms with Gasteiger partial charge in [0, 0.05) is 11.3 Å². The molecule has 0 saturated carbocycles. The lowest BCUT2D eigenvalue weighted by atomic mass is 10.2. The number of aryl methyl sites for hydroxylation is 1. The Balaban J connectivity index is 2.45. The summed E-state index contributed by atoms with van der Waals surface area (Å²) in [5, 5.41) is 14.3. The summed E-state index contributed by atoms with van der Waals surface area (Å²) in [6.45, 7) is 6.34. The second-order valence-corrected chi connectivity index (χ2v) is 6.50.